The Morgan fingerprint density at radius 1 is 1.17 bits per heavy atom. The minimum atomic E-state index is -0.431. The Bertz CT molecular complexity index is 1050. The zero-order valence-corrected chi connectivity index (χ0v) is 16.6. The molecule has 2 aromatic carbocycles. The van der Waals surface area contributed by atoms with Gasteiger partial charge in [0.25, 0.3) is 5.91 Å². The Kier molecular flexibility index (Phi) is 5.56. The highest BCUT2D eigenvalue weighted by molar-refractivity contribution is 5.90. The summed E-state index contributed by atoms with van der Waals surface area (Å²) in [6.45, 7) is 2.81. The molecule has 0 saturated carbocycles. The number of nitrogens with zero attached hydrogens (tertiary/aromatic N) is 4. The Hall–Kier alpha value is -3.55. The number of likely N-dealkylation sites (tertiary alicyclic amines) is 1. The van der Waals surface area contributed by atoms with Crippen molar-refractivity contribution in [2.75, 3.05) is 13.1 Å². The fraction of sp³-hybridized carbons (Fsp3) is 0.273. The van der Waals surface area contributed by atoms with Crippen LogP contribution < -0.4 is 5.32 Å². The Balaban J connectivity index is 1.56. The van der Waals surface area contributed by atoms with Gasteiger partial charge in [-0.15, -0.1) is 5.10 Å². The van der Waals surface area contributed by atoms with Crippen molar-refractivity contribution < 1.29 is 14.0 Å². The largest absolute Gasteiger partial charge is 0.341 e. The van der Waals surface area contributed by atoms with Crippen LogP contribution in [0.4, 0.5) is 4.39 Å². The van der Waals surface area contributed by atoms with Gasteiger partial charge in [0.1, 0.15) is 11.6 Å². The number of benzene rings is 2. The quantitative estimate of drug-likeness (QED) is 0.681. The smallest absolute Gasteiger partial charge is 0.291 e. The van der Waals surface area contributed by atoms with Crippen LogP contribution in [-0.4, -0.2) is 44.6 Å². The number of halogens is 1. The van der Waals surface area contributed by atoms with Crippen LogP contribution in [0.2, 0.25) is 0 Å². The molecule has 2 amide bonds. The molecule has 0 bridgehead atoms. The molecule has 0 radical (unpaired) electrons. The van der Waals surface area contributed by atoms with E-state index in [0.29, 0.717) is 31.0 Å². The molecule has 7 nitrogen and oxygen atoms in total. The van der Waals surface area contributed by atoms with Crippen LogP contribution in [0.1, 0.15) is 40.9 Å². The number of nitrogens with one attached hydrogen (secondary N) is 1. The fourth-order valence-electron chi connectivity index (χ4n) is 3.57. The normalized spacial score (nSPS) is 14.7. The summed E-state index contributed by atoms with van der Waals surface area (Å²) in [5.74, 6) is -0.154. The highest BCUT2D eigenvalue weighted by atomic mass is 19.1. The lowest BCUT2D eigenvalue weighted by Gasteiger charge is -2.24. The Morgan fingerprint density at radius 2 is 1.90 bits per heavy atom. The van der Waals surface area contributed by atoms with Crippen molar-refractivity contribution in [1.82, 2.24) is 25.0 Å². The molecule has 1 unspecified atom stereocenters. The number of carbonyl (C=O) groups is 2. The molecular weight excluding hydrogens is 385 g/mol. The summed E-state index contributed by atoms with van der Waals surface area (Å²) in [7, 11) is 0. The van der Waals surface area contributed by atoms with Crippen LogP contribution in [0.5, 0.6) is 0 Å². The first-order valence-electron chi connectivity index (χ1n) is 9.84. The summed E-state index contributed by atoms with van der Waals surface area (Å²) >= 11 is 0. The van der Waals surface area contributed by atoms with Crippen LogP contribution in [0, 0.1) is 12.7 Å². The molecule has 1 aliphatic heterocycles. The number of hydrogen-bond donors (Lipinski definition) is 1. The average molecular weight is 407 g/mol. The van der Waals surface area contributed by atoms with Crippen LogP contribution in [0.15, 0.2) is 54.6 Å². The molecule has 0 aliphatic carbocycles. The van der Waals surface area contributed by atoms with Gasteiger partial charge in [0.15, 0.2) is 0 Å². The molecule has 1 aromatic heterocycles. The van der Waals surface area contributed by atoms with E-state index in [0.717, 1.165) is 12.0 Å². The van der Waals surface area contributed by atoms with Gasteiger partial charge in [0.2, 0.25) is 11.7 Å². The van der Waals surface area contributed by atoms with E-state index in [1.165, 1.54) is 16.8 Å². The first-order chi connectivity index (χ1) is 14.5. The van der Waals surface area contributed by atoms with E-state index in [2.05, 4.69) is 15.4 Å². The van der Waals surface area contributed by atoms with E-state index in [4.69, 9.17) is 0 Å². The number of rotatable bonds is 6. The standard InChI is InChI=1S/C22H22FN5O2/c1-15-24-21(26-28(15)18-11-9-17(23)10-12-18)22(30)25-19(16-6-3-2-4-7-16)14-27-13-5-8-20(27)29/h2-4,6-7,9-12,19H,5,8,13-14H2,1H3,(H,25,30). The lowest BCUT2D eigenvalue weighted by atomic mass is 10.1. The van der Waals surface area contributed by atoms with E-state index in [-0.39, 0.29) is 23.6 Å². The van der Waals surface area contributed by atoms with Gasteiger partial charge in [-0.2, -0.15) is 0 Å². The van der Waals surface area contributed by atoms with Crippen molar-refractivity contribution in [2.24, 2.45) is 0 Å². The summed E-state index contributed by atoms with van der Waals surface area (Å²) in [6, 6.07) is 15.0. The van der Waals surface area contributed by atoms with Crippen molar-refractivity contribution in [2.45, 2.75) is 25.8 Å². The van der Waals surface area contributed by atoms with Gasteiger partial charge in [-0.3, -0.25) is 9.59 Å². The van der Waals surface area contributed by atoms with Gasteiger partial charge >= 0.3 is 0 Å². The molecule has 154 valence electrons. The summed E-state index contributed by atoms with van der Waals surface area (Å²) in [5.41, 5.74) is 1.52. The second kappa shape index (κ2) is 8.44. The van der Waals surface area contributed by atoms with Crippen molar-refractivity contribution in [3.05, 3.63) is 77.6 Å². The topological polar surface area (TPSA) is 80.1 Å². The summed E-state index contributed by atoms with van der Waals surface area (Å²) in [5, 5.41) is 7.26. The molecule has 30 heavy (non-hydrogen) atoms. The van der Waals surface area contributed by atoms with Crippen LogP contribution in [0.25, 0.3) is 5.69 Å². The number of aromatic nitrogens is 3. The number of aryl methyl sites for hydroxylation is 1. The van der Waals surface area contributed by atoms with E-state index < -0.39 is 5.91 Å². The highest BCUT2D eigenvalue weighted by Gasteiger charge is 2.26. The summed E-state index contributed by atoms with van der Waals surface area (Å²) < 4.78 is 14.7. The SMILES string of the molecule is Cc1nc(C(=O)NC(CN2CCCC2=O)c2ccccc2)nn1-c1ccc(F)cc1. The molecule has 4 rings (SSSR count). The molecule has 1 N–H and O–H groups in total. The molecular formula is C22H22FN5O2. The highest BCUT2D eigenvalue weighted by Crippen LogP contribution is 2.19. The van der Waals surface area contributed by atoms with E-state index in [9.17, 15) is 14.0 Å². The van der Waals surface area contributed by atoms with Gasteiger partial charge in [0.05, 0.1) is 11.7 Å². The van der Waals surface area contributed by atoms with Crippen LogP contribution in [0.3, 0.4) is 0 Å². The molecule has 0 spiro atoms. The van der Waals surface area contributed by atoms with Crippen molar-refractivity contribution in [1.29, 1.82) is 0 Å². The van der Waals surface area contributed by atoms with Crippen molar-refractivity contribution in [3.63, 3.8) is 0 Å². The lowest BCUT2D eigenvalue weighted by Crippen LogP contribution is -2.39. The minimum absolute atomic E-state index is 0.0190. The zero-order valence-electron chi connectivity index (χ0n) is 16.6. The molecule has 1 aliphatic rings. The molecule has 2 heterocycles. The minimum Gasteiger partial charge on any atom is -0.341 e. The van der Waals surface area contributed by atoms with Crippen molar-refractivity contribution >= 4 is 11.8 Å². The van der Waals surface area contributed by atoms with Gasteiger partial charge in [0, 0.05) is 19.5 Å². The second-order valence-corrected chi connectivity index (χ2v) is 7.25. The zero-order chi connectivity index (χ0) is 21.1. The van der Waals surface area contributed by atoms with Gasteiger partial charge in [-0.1, -0.05) is 30.3 Å². The monoisotopic (exact) mass is 407 g/mol. The number of amides is 2. The second-order valence-electron chi connectivity index (χ2n) is 7.25. The molecule has 8 heteroatoms. The maximum absolute atomic E-state index is 13.2. The molecule has 1 fully saturated rings. The maximum Gasteiger partial charge on any atom is 0.291 e. The first-order valence-corrected chi connectivity index (χ1v) is 9.84. The Morgan fingerprint density at radius 3 is 2.57 bits per heavy atom. The van der Waals surface area contributed by atoms with Crippen LogP contribution >= 0.6 is 0 Å². The van der Waals surface area contributed by atoms with Gasteiger partial charge < -0.3 is 10.2 Å². The summed E-state index contributed by atoms with van der Waals surface area (Å²) in [6.07, 6.45) is 1.37. The molecule has 3 aromatic rings. The van der Waals surface area contributed by atoms with E-state index in [1.807, 2.05) is 30.3 Å². The Labute approximate surface area is 173 Å². The number of carbonyl (C=O) groups excluding carboxylic acids is 2. The third kappa shape index (κ3) is 4.22. The van der Waals surface area contributed by atoms with Crippen molar-refractivity contribution in [3.8, 4) is 5.69 Å². The maximum atomic E-state index is 13.2. The molecule has 1 atom stereocenters. The van der Waals surface area contributed by atoms with Crippen LogP contribution in [-0.2, 0) is 4.79 Å². The third-order valence-corrected chi connectivity index (χ3v) is 5.12. The first kappa shape index (κ1) is 19.8. The predicted molar refractivity (Wildman–Crippen MR) is 109 cm³/mol. The third-order valence-electron chi connectivity index (χ3n) is 5.12. The number of hydrogen-bond acceptors (Lipinski definition) is 4. The summed E-state index contributed by atoms with van der Waals surface area (Å²) in [4.78, 5) is 31.0. The average Bonchev–Trinajstić information content (AvgIpc) is 3.34. The van der Waals surface area contributed by atoms with Gasteiger partial charge in [-0.05, 0) is 43.2 Å². The van der Waals surface area contributed by atoms with E-state index in [1.54, 1.807) is 24.0 Å². The lowest BCUT2D eigenvalue weighted by molar-refractivity contribution is -0.128. The predicted octanol–water partition coefficient (Wildman–Crippen LogP) is 2.81. The molecule has 1 saturated heterocycles. The fourth-order valence-corrected chi connectivity index (χ4v) is 3.57. The van der Waals surface area contributed by atoms with Gasteiger partial charge in [-0.25, -0.2) is 14.1 Å². The van der Waals surface area contributed by atoms with E-state index >= 15 is 0 Å².